The van der Waals surface area contributed by atoms with Gasteiger partial charge in [-0.2, -0.15) is 0 Å². The average molecular weight is 384 g/mol. The summed E-state index contributed by atoms with van der Waals surface area (Å²) in [7, 11) is 0. The van der Waals surface area contributed by atoms with Gasteiger partial charge in [0.2, 0.25) is 0 Å². The summed E-state index contributed by atoms with van der Waals surface area (Å²) in [6.45, 7) is 3.21. The third-order valence-electron chi connectivity index (χ3n) is 4.43. The highest BCUT2D eigenvalue weighted by Gasteiger charge is 2.40. The zero-order valence-corrected chi connectivity index (χ0v) is 14.4. The van der Waals surface area contributed by atoms with E-state index in [0.717, 1.165) is 52.0 Å². The summed E-state index contributed by atoms with van der Waals surface area (Å²) in [5.41, 5.74) is 2.04. The van der Waals surface area contributed by atoms with Crippen LogP contribution in [-0.4, -0.2) is 37.1 Å². The lowest BCUT2D eigenvalue weighted by molar-refractivity contribution is -0.169. The SMILES string of the molecule is Clc1ccc2ncc(N3CCC4(CC3)OCCO4)c(Br)c2c1. The van der Waals surface area contributed by atoms with Crippen molar-refractivity contribution in [2.45, 2.75) is 18.6 Å². The molecular formula is C16H16BrClN2O2. The number of benzene rings is 1. The minimum absolute atomic E-state index is 0.351. The van der Waals surface area contributed by atoms with E-state index in [9.17, 15) is 0 Å². The monoisotopic (exact) mass is 382 g/mol. The standard InChI is InChI=1S/C16H16BrClN2O2/c17-15-12-9-11(18)1-2-13(12)19-10-14(15)20-5-3-16(4-6-20)21-7-8-22-16/h1-2,9-10H,3-8H2. The van der Waals surface area contributed by atoms with Crippen molar-refractivity contribution >= 4 is 44.1 Å². The van der Waals surface area contributed by atoms with Crippen LogP contribution >= 0.6 is 27.5 Å². The second-order valence-electron chi connectivity index (χ2n) is 5.71. The van der Waals surface area contributed by atoms with Crippen molar-refractivity contribution in [3.63, 3.8) is 0 Å². The van der Waals surface area contributed by atoms with Crippen LogP contribution in [0, 0.1) is 0 Å². The predicted molar refractivity (Wildman–Crippen MR) is 90.5 cm³/mol. The maximum absolute atomic E-state index is 6.12. The second-order valence-corrected chi connectivity index (χ2v) is 6.94. The number of hydrogen-bond donors (Lipinski definition) is 0. The van der Waals surface area contributed by atoms with Crippen LogP contribution in [0.15, 0.2) is 28.9 Å². The molecule has 4 rings (SSSR count). The number of rotatable bonds is 1. The van der Waals surface area contributed by atoms with Crippen LogP contribution in [0.4, 0.5) is 5.69 Å². The number of piperidine rings is 1. The molecule has 6 heteroatoms. The van der Waals surface area contributed by atoms with Crippen molar-refractivity contribution in [1.29, 1.82) is 0 Å². The predicted octanol–water partition coefficient (Wildman–Crippen LogP) is 3.99. The molecule has 4 nitrogen and oxygen atoms in total. The fourth-order valence-electron chi connectivity index (χ4n) is 3.22. The van der Waals surface area contributed by atoms with Gasteiger partial charge in [-0.3, -0.25) is 4.98 Å². The number of halogens is 2. The molecule has 22 heavy (non-hydrogen) atoms. The first-order valence-corrected chi connectivity index (χ1v) is 8.61. The van der Waals surface area contributed by atoms with Crippen LogP contribution < -0.4 is 4.90 Å². The van der Waals surface area contributed by atoms with E-state index in [1.165, 1.54) is 0 Å². The van der Waals surface area contributed by atoms with E-state index in [4.69, 9.17) is 21.1 Å². The van der Waals surface area contributed by atoms with Gasteiger partial charge in [-0.1, -0.05) is 11.6 Å². The van der Waals surface area contributed by atoms with Crippen molar-refractivity contribution in [2.75, 3.05) is 31.2 Å². The quantitative estimate of drug-likeness (QED) is 0.746. The van der Waals surface area contributed by atoms with Gasteiger partial charge < -0.3 is 14.4 Å². The van der Waals surface area contributed by atoms with E-state index < -0.39 is 0 Å². The van der Waals surface area contributed by atoms with Crippen molar-refractivity contribution in [2.24, 2.45) is 0 Å². The average Bonchev–Trinajstić information content (AvgIpc) is 2.98. The summed E-state index contributed by atoms with van der Waals surface area (Å²) in [5, 5.41) is 1.76. The zero-order chi connectivity index (χ0) is 15.2. The molecule has 0 saturated carbocycles. The molecule has 2 aromatic rings. The van der Waals surface area contributed by atoms with E-state index in [1.807, 2.05) is 24.4 Å². The Morgan fingerprint density at radius 3 is 2.64 bits per heavy atom. The fraction of sp³-hybridized carbons (Fsp3) is 0.438. The fourth-order valence-corrected chi connectivity index (χ4v) is 4.06. The molecule has 3 heterocycles. The molecule has 0 unspecified atom stereocenters. The van der Waals surface area contributed by atoms with E-state index in [-0.39, 0.29) is 5.79 Å². The van der Waals surface area contributed by atoms with Gasteiger partial charge in [0.25, 0.3) is 0 Å². The molecule has 0 radical (unpaired) electrons. The third kappa shape index (κ3) is 2.50. The highest BCUT2D eigenvalue weighted by molar-refractivity contribution is 9.10. The number of pyridine rings is 1. The van der Waals surface area contributed by atoms with Gasteiger partial charge in [0, 0.05) is 36.3 Å². The summed E-state index contributed by atoms with van der Waals surface area (Å²) in [6.07, 6.45) is 3.69. The summed E-state index contributed by atoms with van der Waals surface area (Å²) in [6, 6.07) is 5.76. The Balaban J connectivity index is 1.63. The van der Waals surface area contributed by atoms with Crippen LogP contribution in [0.3, 0.4) is 0 Å². The van der Waals surface area contributed by atoms with Gasteiger partial charge in [-0.15, -0.1) is 0 Å². The Kier molecular flexibility index (Phi) is 3.77. The Labute approximate surface area is 142 Å². The van der Waals surface area contributed by atoms with Gasteiger partial charge in [0.15, 0.2) is 5.79 Å². The maximum atomic E-state index is 6.12. The lowest BCUT2D eigenvalue weighted by atomic mass is 10.0. The molecule has 1 aromatic carbocycles. The lowest BCUT2D eigenvalue weighted by Gasteiger charge is -2.39. The molecule has 0 atom stereocenters. The number of ether oxygens (including phenoxy) is 2. The van der Waals surface area contributed by atoms with Gasteiger partial charge in [-0.05, 0) is 34.1 Å². The van der Waals surface area contributed by atoms with Crippen molar-refractivity contribution in [1.82, 2.24) is 4.98 Å². The van der Waals surface area contributed by atoms with Crippen LogP contribution in [-0.2, 0) is 9.47 Å². The van der Waals surface area contributed by atoms with E-state index in [0.29, 0.717) is 13.2 Å². The van der Waals surface area contributed by atoms with Gasteiger partial charge in [0.05, 0.1) is 35.1 Å². The Morgan fingerprint density at radius 1 is 1.18 bits per heavy atom. The van der Waals surface area contributed by atoms with Crippen LogP contribution in [0.2, 0.25) is 5.02 Å². The van der Waals surface area contributed by atoms with Gasteiger partial charge in [0.1, 0.15) is 0 Å². The van der Waals surface area contributed by atoms with Crippen LogP contribution in [0.1, 0.15) is 12.8 Å². The third-order valence-corrected chi connectivity index (χ3v) is 5.49. The normalized spacial score (nSPS) is 20.9. The molecule has 1 aromatic heterocycles. The summed E-state index contributed by atoms with van der Waals surface area (Å²) >= 11 is 9.84. The largest absolute Gasteiger partial charge is 0.369 e. The molecule has 0 aliphatic carbocycles. The van der Waals surface area contributed by atoms with Crippen LogP contribution in [0.25, 0.3) is 10.9 Å². The molecule has 2 aliphatic rings. The number of nitrogens with zero attached hydrogens (tertiary/aromatic N) is 2. The minimum atomic E-state index is -0.351. The summed E-state index contributed by atoms with van der Waals surface area (Å²) in [4.78, 5) is 6.88. The van der Waals surface area contributed by atoms with E-state index in [2.05, 4.69) is 25.8 Å². The minimum Gasteiger partial charge on any atom is -0.369 e. The molecule has 0 amide bonds. The Hall–Kier alpha value is -0.880. The lowest BCUT2D eigenvalue weighted by Crippen LogP contribution is -2.45. The van der Waals surface area contributed by atoms with Crippen LogP contribution in [0.5, 0.6) is 0 Å². The first-order valence-electron chi connectivity index (χ1n) is 7.44. The molecular weight excluding hydrogens is 368 g/mol. The molecule has 2 saturated heterocycles. The molecule has 1 spiro atoms. The number of hydrogen-bond acceptors (Lipinski definition) is 4. The van der Waals surface area contributed by atoms with Crippen molar-refractivity contribution in [3.05, 3.63) is 33.9 Å². The number of fused-ring (bicyclic) bond motifs is 1. The van der Waals surface area contributed by atoms with Gasteiger partial charge >= 0.3 is 0 Å². The topological polar surface area (TPSA) is 34.6 Å². The molecule has 0 N–H and O–H groups in total. The first kappa shape index (κ1) is 14.7. The molecule has 2 fully saturated rings. The number of anilines is 1. The molecule has 116 valence electrons. The maximum Gasteiger partial charge on any atom is 0.171 e. The highest BCUT2D eigenvalue weighted by Crippen LogP contribution is 2.38. The summed E-state index contributed by atoms with van der Waals surface area (Å²) in [5.74, 6) is -0.351. The zero-order valence-electron chi connectivity index (χ0n) is 12.0. The smallest absolute Gasteiger partial charge is 0.171 e. The number of aromatic nitrogens is 1. The molecule has 2 aliphatic heterocycles. The van der Waals surface area contributed by atoms with E-state index in [1.54, 1.807) is 0 Å². The Bertz CT molecular complexity index is 709. The molecule has 0 bridgehead atoms. The summed E-state index contributed by atoms with van der Waals surface area (Å²) < 4.78 is 12.6. The highest BCUT2D eigenvalue weighted by atomic mass is 79.9. The van der Waals surface area contributed by atoms with Crippen molar-refractivity contribution in [3.8, 4) is 0 Å². The second kappa shape index (κ2) is 5.64. The van der Waals surface area contributed by atoms with Crippen molar-refractivity contribution < 1.29 is 9.47 Å². The Morgan fingerprint density at radius 2 is 1.91 bits per heavy atom. The van der Waals surface area contributed by atoms with E-state index >= 15 is 0 Å². The first-order chi connectivity index (χ1) is 10.7. The van der Waals surface area contributed by atoms with Gasteiger partial charge in [-0.25, -0.2) is 0 Å².